The van der Waals surface area contributed by atoms with Crippen molar-refractivity contribution < 1.29 is 29.7 Å². The third-order valence-corrected chi connectivity index (χ3v) is 1.20. The number of rotatable bonds is 2. The lowest BCUT2D eigenvalue weighted by Crippen LogP contribution is -2.11. The first-order valence-corrected chi connectivity index (χ1v) is 6.71. The number of nitrogens with two attached hydrogens (primary N) is 2. The molecule has 0 radical (unpaired) electrons. The first-order valence-electron chi connectivity index (χ1n) is 6.71. The molecule has 0 amide bonds. The van der Waals surface area contributed by atoms with Gasteiger partial charge >= 0.3 is 0 Å². The van der Waals surface area contributed by atoms with Gasteiger partial charge in [0.2, 0.25) is 0 Å². The molecule has 0 bridgehead atoms. The molecular formula is C16H28N2O6. The Morgan fingerprint density at radius 1 is 0.875 bits per heavy atom. The summed E-state index contributed by atoms with van der Waals surface area (Å²) >= 11 is 0. The minimum absolute atomic E-state index is 0.597. The maximum atomic E-state index is 9.00. The lowest BCUT2D eigenvalue weighted by atomic mass is 10.2. The number of carbonyl (C=O) groups is 3. The van der Waals surface area contributed by atoms with Gasteiger partial charge in [0.15, 0.2) is 0 Å². The summed E-state index contributed by atoms with van der Waals surface area (Å²) in [6, 6.07) is 10.0. The molecule has 0 aliphatic rings. The van der Waals surface area contributed by atoms with Crippen LogP contribution in [0.2, 0.25) is 0 Å². The molecular weight excluding hydrogens is 316 g/mol. The van der Waals surface area contributed by atoms with Crippen molar-refractivity contribution in [1.82, 2.24) is 0 Å². The van der Waals surface area contributed by atoms with Crippen LogP contribution in [0.3, 0.4) is 0 Å². The van der Waals surface area contributed by atoms with Crippen molar-refractivity contribution in [3.05, 3.63) is 42.5 Å². The average Bonchev–Trinajstić information content (AvgIpc) is 2.46. The Morgan fingerprint density at radius 2 is 1.12 bits per heavy atom. The van der Waals surface area contributed by atoms with Crippen LogP contribution in [0, 0.1) is 0 Å². The summed E-state index contributed by atoms with van der Waals surface area (Å²) in [7, 11) is 0. The first-order chi connectivity index (χ1) is 11.0. The molecule has 0 aliphatic carbocycles. The van der Waals surface area contributed by atoms with Crippen molar-refractivity contribution >= 4 is 24.0 Å². The smallest absolute Gasteiger partial charge is 0.300 e. The monoisotopic (exact) mass is 344 g/mol. The van der Waals surface area contributed by atoms with Crippen LogP contribution in [0.5, 0.6) is 0 Å². The Labute approximate surface area is 142 Å². The largest absolute Gasteiger partial charge is 0.481 e. The Balaban J connectivity index is -0.000000110. The number of aliphatic carboxylic acids is 3. The van der Waals surface area contributed by atoms with Gasteiger partial charge < -0.3 is 26.8 Å². The van der Waals surface area contributed by atoms with Crippen LogP contribution in [0.1, 0.15) is 26.3 Å². The van der Waals surface area contributed by atoms with E-state index >= 15 is 0 Å². The van der Waals surface area contributed by atoms with E-state index in [1.54, 1.807) is 0 Å². The second-order valence-corrected chi connectivity index (χ2v) is 3.75. The van der Waals surface area contributed by atoms with Crippen molar-refractivity contribution in [3.8, 4) is 0 Å². The lowest BCUT2D eigenvalue weighted by molar-refractivity contribution is -0.135. The summed E-state index contributed by atoms with van der Waals surface area (Å²) in [6.07, 6.45) is 1.83. The van der Waals surface area contributed by atoms with E-state index in [0.29, 0.717) is 13.1 Å². The Hall–Kier alpha value is -2.71. The fourth-order valence-corrected chi connectivity index (χ4v) is 0.589. The van der Waals surface area contributed by atoms with Crippen LogP contribution in [0.4, 0.5) is 0 Å². The van der Waals surface area contributed by atoms with Crippen molar-refractivity contribution in [1.29, 1.82) is 0 Å². The molecule has 0 aliphatic heterocycles. The van der Waals surface area contributed by atoms with E-state index in [1.165, 1.54) is 5.56 Å². The minimum Gasteiger partial charge on any atom is -0.481 e. The van der Waals surface area contributed by atoms with E-state index in [2.05, 4.69) is 6.58 Å². The summed E-state index contributed by atoms with van der Waals surface area (Å²) in [6.45, 7) is 8.08. The van der Waals surface area contributed by atoms with Crippen LogP contribution >= 0.6 is 0 Å². The second kappa shape index (κ2) is 25.3. The van der Waals surface area contributed by atoms with Gasteiger partial charge in [-0.1, -0.05) is 43.0 Å². The zero-order valence-corrected chi connectivity index (χ0v) is 14.3. The molecule has 0 saturated heterocycles. The normalized spacial score (nSPS) is 7.21. The molecule has 0 heterocycles. The maximum absolute atomic E-state index is 9.00. The highest BCUT2D eigenvalue weighted by atomic mass is 16.4. The molecule has 0 unspecified atom stereocenters. The van der Waals surface area contributed by atoms with Gasteiger partial charge in [0.25, 0.3) is 17.9 Å². The quantitative estimate of drug-likeness (QED) is 0.538. The van der Waals surface area contributed by atoms with E-state index in [4.69, 9.17) is 41.2 Å². The van der Waals surface area contributed by atoms with Crippen molar-refractivity contribution in [2.24, 2.45) is 11.5 Å². The summed E-state index contributed by atoms with van der Waals surface area (Å²) in [5, 5.41) is 22.2. The van der Waals surface area contributed by atoms with Gasteiger partial charge in [-0.3, -0.25) is 14.4 Å². The number of benzene rings is 1. The molecule has 0 aromatic heterocycles. The van der Waals surface area contributed by atoms with Gasteiger partial charge in [-0.25, -0.2) is 0 Å². The predicted molar refractivity (Wildman–Crippen MR) is 94.6 cm³/mol. The van der Waals surface area contributed by atoms with Crippen LogP contribution in [0.15, 0.2) is 36.9 Å². The van der Waals surface area contributed by atoms with Crippen LogP contribution in [-0.2, 0) is 14.4 Å². The highest BCUT2D eigenvalue weighted by Gasteiger charge is 1.75. The van der Waals surface area contributed by atoms with Gasteiger partial charge in [0.05, 0.1) is 0 Å². The lowest BCUT2D eigenvalue weighted by Gasteiger charge is -1.85. The third-order valence-electron chi connectivity index (χ3n) is 1.20. The first kappa shape index (κ1) is 29.3. The number of hydrogen-bond donors (Lipinski definition) is 5. The molecule has 0 fully saturated rings. The van der Waals surface area contributed by atoms with Gasteiger partial charge in [0, 0.05) is 33.9 Å². The average molecular weight is 344 g/mol. The van der Waals surface area contributed by atoms with E-state index in [9.17, 15) is 0 Å². The fraction of sp³-hybridized carbons (Fsp3) is 0.312. The molecule has 1 rings (SSSR count). The molecule has 0 atom stereocenters. The maximum Gasteiger partial charge on any atom is 0.300 e. The third kappa shape index (κ3) is 93.9. The molecule has 1 aromatic rings. The molecule has 138 valence electrons. The topological polar surface area (TPSA) is 164 Å². The van der Waals surface area contributed by atoms with Crippen LogP contribution < -0.4 is 11.5 Å². The molecule has 8 nitrogen and oxygen atoms in total. The van der Waals surface area contributed by atoms with Gasteiger partial charge in [-0.15, -0.1) is 0 Å². The van der Waals surface area contributed by atoms with Crippen LogP contribution in [0.25, 0.3) is 6.08 Å². The summed E-state index contributed by atoms with van der Waals surface area (Å²) < 4.78 is 0. The van der Waals surface area contributed by atoms with Gasteiger partial charge in [0.1, 0.15) is 0 Å². The zero-order valence-electron chi connectivity index (χ0n) is 14.3. The summed E-state index contributed by atoms with van der Waals surface area (Å²) in [5.41, 5.74) is 11.0. The second-order valence-electron chi connectivity index (χ2n) is 3.75. The Bertz CT molecular complexity index is 393. The van der Waals surface area contributed by atoms with Gasteiger partial charge in [-0.2, -0.15) is 0 Å². The fourth-order valence-electron chi connectivity index (χ4n) is 0.589. The van der Waals surface area contributed by atoms with Crippen molar-refractivity contribution in [2.75, 3.05) is 13.1 Å². The molecule has 0 spiro atoms. The molecule has 0 saturated carbocycles. The Morgan fingerprint density at radius 3 is 1.25 bits per heavy atom. The summed E-state index contributed by atoms with van der Waals surface area (Å²) in [4.78, 5) is 27.0. The van der Waals surface area contributed by atoms with Gasteiger partial charge in [-0.05, 0) is 5.56 Å². The number of carboxylic acids is 3. The molecule has 24 heavy (non-hydrogen) atoms. The minimum atomic E-state index is -0.833. The molecule has 7 N–H and O–H groups in total. The van der Waals surface area contributed by atoms with Crippen molar-refractivity contribution in [2.45, 2.75) is 20.8 Å². The number of hydrogen-bond acceptors (Lipinski definition) is 5. The SMILES string of the molecule is C=Cc1ccccc1.CC(=O)O.CC(=O)O.CC(=O)O.NCCN. The predicted octanol–water partition coefficient (Wildman–Crippen LogP) is 1.51. The summed E-state index contributed by atoms with van der Waals surface area (Å²) in [5.74, 6) is -2.50. The van der Waals surface area contributed by atoms with E-state index < -0.39 is 17.9 Å². The van der Waals surface area contributed by atoms with E-state index in [0.717, 1.165) is 20.8 Å². The standard InChI is InChI=1S/C8H8.C2H8N2.3C2H4O2/c1-2-8-6-4-3-5-7-8;3-1-2-4;3*1-2(3)4/h2-7H,1H2;1-4H2;3*1H3,(H,3,4). The van der Waals surface area contributed by atoms with E-state index in [1.807, 2.05) is 36.4 Å². The van der Waals surface area contributed by atoms with E-state index in [-0.39, 0.29) is 0 Å². The Kier molecular flexibility index (Phi) is 30.9. The molecule has 1 aromatic carbocycles. The highest BCUT2D eigenvalue weighted by molar-refractivity contribution is 5.63. The number of carboxylic acid groups (broad SMARTS) is 3. The van der Waals surface area contributed by atoms with Crippen LogP contribution in [-0.4, -0.2) is 46.3 Å². The highest BCUT2D eigenvalue weighted by Crippen LogP contribution is 1.97. The van der Waals surface area contributed by atoms with Crippen molar-refractivity contribution in [3.63, 3.8) is 0 Å². The zero-order chi connectivity index (χ0) is 20.0. The molecule has 8 heteroatoms.